The Kier molecular flexibility index (Phi) is 0.907. The first kappa shape index (κ1) is 4.23. The van der Waals surface area contributed by atoms with E-state index in [1.807, 2.05) is 0 Å². The summed E-state index contributed by atoms with van der Waals surface area (Å²) in [6, 6.07) is 0. The van der Waals surface area contributed by atoms with Crippen molar-refractivity contribution in [1.82, 2.24) is 0 Å². The molecule has 0 amide bonds. The summed E-state index contributed by atoms with van der Waals surface area (Å²) in [7, 11) is 0. The highest BCUT2D eigenvalue weighted by atomic mass is 14.0. The molecule has 1 rings (SSSR count). The minimum atomic E-state index is 1.03. The van der Waals surface area contributed by atoms with Gasteiger partial charge in [-0.1, -0.05) is 32.3 Å². The molecule has 0 nitrogen and oxygen atoms in total. The molecule has 0 aromatic carbocycles. The lowest BCUT2D eigenvalue weighted by Gasteiger charge is -2.26. The van der Waals surface area contributed by atoms with Crippen molar-refractivity contribution in [3.8, 4) is 0 Å². The van der Waals surface area contributed by atoms with E-state index in [1.165, 1.54) is 12.7 Å². The second-order valence-corrected chi connectivity index (χ2v) is 2.53. The van der Waals surface area contributed by atoms with Gasteiger partial charge in [0.1, 0.15) is 6.71 Å². The summed E-state index contributed by atoms with van der Waals surface area (Å²) in [4.78, 5) is 0. The third kappa shape index (κ3) is 0.465. The zero-order valence-electron chi connectivity index (χ0n) is 4.57. The van der Waals surface area contributed by atoms with E-state index in [0.29, 0.717) is 0 Å². The van der Waals surface area contributed by atoms with Gasteiger partial charge in [-0.3, -0.25) is 0 Å². The highest BCUT2D eigenvalue weighted by Crippen LogP contribution is 2.31. The molecule has 1 aliphatic rings. The van der Waals surface area contributed by atoms with Crippen LogP contribution in [0.15, 0.2) is 0 Å². The van der Waals surface area contributed by atoms with Crippen LogP contribution in [0.1, 0.15) is 13.3 Å². The van der Waals surface area contributed by atoms with Gasteiger partial charge in [-0.25, -0.2) is 0 Å². The lowest BCUT2D eigenvalue weighted by Crippen LogP contribution is -2.24. The monoisotopic (exact) mass is 82.1 g/mol. The van der Waals surface area contributed by atoms with Gasteiger partial charge in [0.05, 0.1) is 0 Å². The van der Waals surface area contributed by atoms with Crippen LogP contribution in [-0.2, 0) is 0 Å². The highest BCUT2D eigenvalue weighted by molar-refractivity contribution is 6.61. The third-order valence-electron chi connectivity index (χ3n) is 2.05. The van der Waals surface area contributed by atoms with Gasteiger partial charge in [-0.05, 0) is 0 Å². The Morgan fingerprint density at radius 1 is 1.67 bits per heavy atom. The Morgan fingerprint density at radius 3 is 2.17 bits per heavy atom. The SMILES string of the molecule is CB1CCC1C. The second-order valence-electron chi connectivity index (χ2n) is 2.53. The molecule has 1 aliphatic heterocycles. The molecule has 0 aromatic rings. The van der Waals surface area contributed by atoms with E-state index in [2.05, 4.69) is 13.7 Å². The lowest BCUT2D eigenvalue weighted by atomic mass is 9.31. The van der Waals surface area contributed by atoms with Crippen molar-refractivity contribution in [2.24, 2.45) is 0 Å². The Morgan fingerprint density at radius 2 is 2.17 bits per heavy atom. The van der Waals surface area contributed by atoms with Gasteiger partial charge in [-0.2, -0.15) is 0 Å². The summed E-state index contributed by atoms with van der Waals surface area (Å²) in [6.45, 7) is 5.69. The summed E-state index contributed by atoms with van der Waals surface area (Å²) in [5, 5.41) is 0. The van der Waals surface area contributed by atoms with E-state index in [-0.39, 0.29) is 0 Å². The van der Waals surface area contributed by atoms with E-state index >= 15 is 0 Å². The molecular weight excluding hydrogens is 70.9 g/mol. The smallest absolute Gasteiger partial charge is 0.0859 e. The lowest BCUT2D eigenvalue weighted by molar-refractivity contribution is 0.762. The standard InChI is InChI=1S/C5H11B/c1-5-3-4-6(5)2/h5H,3-4H2,1-2H3. The van der Waals surface area contributed by atoms with Gasteiger partial charge in [0, 0.05) is 0 Å². The summed E-state index contributed by atoms with van der Waals surface area (Å²) in [5.74, 6) is 1.03. The van der Waals surface area contributed by atoms with Gasteiger partial charge in [0.25, 0.3) is 0 Å². The average Bonchev–Trinajstić information content (AvgIpc) is 1.61. The van der Waals surface area contributed by atoms with Crippen LogP contribution in [0.25, 0.3) is 0 Å². The topological polar surface area (TPSA) is 0 Å². The van der Waals surface area contributed by atoms with Gasteiger partial charge >= 0.3 is 0 Å². The molecule has 0 aromatic heterocycles. The van der Waals surface area contributed by atoms with Gasteiger partial charge in [0.15, 0.2) is 0 Å². The predicted molar refractivity (Wildman–Crippen MR) is 30.5 cm³/mol. The maximum absolute atomic E-state index is 2.33. The Labute approximate surface area is 40.0 Å². The maximum atomic E-state index is 2.33. The van der Waals surface area contributed by atoms with Crippen LogP contribution >= 0.6 is 0 Å². The van der Waals surface area contributed by atoms with Gasteiger partial charge in [-0.15, -0.1) is 0 Å². The molecule has 0 bridgehead atoms. The summed E-state index contributed by atoms with van der Waals surface area (Å²) >= 11 is 0. The first-order valence-electron chi connectivity index (χ1n) is 2.80. The molecule has 1 fully saturated rings. The summed E-state index contributed by atoms with van der Waals surface area (Å²) < 4.78 is 0. The van der Waals surface area contributed by atoms with Crippen LogP contribution in [0.4, 0.5) is 0 Å². The zero-order chi connectivity index (χ0) is 4.57. The first-order chi connectivity index (χ1) is 2.80. The van der Waals surface area contributed by atoms with Gasteiger partial charge in [0.2, 0.25) is 0 Å². The van der Waals surface area contributed by atoms with Crippen LogP contribution < -0.4 is 0 Å². The summed E-state index contributed by atoms with van der Waals surface area (Å²) in [6.07, 6.45) is 2.95. The minimum Gasteiger partial charge on any atom is -0.0859 e. The number of hydrogen-bond acceptors (Lipinski definition) is 0. The zero-order valence-corrected chi connectivity index (χ0v) is 4.57. The Balaban J connectivity index is 2.20. The molecule has 34 valence electrons. The fourth-order valence-corrected chi connectivity index (χ4v) is 0.833. The van der Waals surface area contributed by atoms with Crippen LogP contribution in [0.2, 0.25) is 19.0 Å². The summed E-state index contributed by atoms with van der Waals surface area (Å²) in [5.41, 5.74) is 0. The molecule has 0 spiro atoms. The van der Waals surface area contributed by atoms with Crippen molar-refractivity contribution in [1.29, 1.82) is 0 Å². The molecule has 6 heavy (non-hydrogen) atoms. The van der Waals surface area contributed by atoms with E-state index < -0.39 is 0 Å². The fraction of sp³-hybridized carbons (Fsp3) is 1.00. The molecule has 1 unspecified atom stereocenters. The molecule has 0 saturated carbocycles. The Hall–Kier alpha value is 0.0649. The second kappa shape index (κ2) is 1.29. The molecule has 1 heterocycles. The van der Waals surface area contributed by atoms with Crippen molar-refractivity contribution < 1.29 is 0 Å². The van der Waals surface area contributed by atoms with Crippen molar-refractivity contribution in [2.75, 3.05) is 0 Å². The highest BCUT2D eigenvalue weighted by Gasteiger charge is 2.24. The van der Waals surface area contributed by atoms with E-state index in [4.69, 9.17) is 0 Å². The largest absolute Gasteiger partial charge is 0.139 e. The van der Waals surface area contributed by atoms with Crippen molar-refractivity contribution in [2.45, 2.75) is 32.3 Å². The number of rotatable bonds is 0. The van der Waals surface area contributed by atoms with Gasteiger partial charge < -0.3 is 0 Å². The third-order valence-corrected chi connectivity index (χ3v) is 2.05. The normalized spacial score (nSPS) is 33.0. The van der Waals surface area contributed by atoms with E-state index in [0.717, 1.165) is 12.5 Å². The minimum absolute atomic E-state index is 1.03. The van der Waals surface area contributed by atoms with E-state index in [1.54, 1.807) is 0 Å². The van der Waals surface area contributed by atoms with Crippen LogP contribution in [-0.4, -0.2) is 6.71 Å². The molecule has 0 N–H and O–H groups in total. The predicted octanol–water partition coefficient (Wildman–Crippen LogP) is 1.90. The fourth-order valence-electron chi connectivity index (χ4n) is 0.833. The quantitative estimate of drug-likeness (QED) is 0.391. The number of hydrogen-bond donors (Lipinski definition) is 0. The molecule has 1 saturated heterocycles. The van der Waals surface area contributed by atoms with E-state index in [9.17, 15) is 0 Å². The molecular formula is C5H11B. The van der Waals surface area contributed by atoms with Crippen molar-refractivity contribution in [3.05, 3.63) is 0 Å². The maximum Gasteiger partial charge on any atom is 0.139 e. The van der Waals surface area contributed by atoms with Crippen LogP contribution in [0.5, 0.6) is 0 Å². The van der Waals surface area contributed by atoms with Crippen LogP contribution in [0, 0.1) is 0 Å². The first-order valence-corrected chi connectivity index (χ1v) is 2.80. The molecule has 1 heteroatoms. The van der Waals surface area contributed by atoms with Crippen LogP contribution in [0.3, 0.4) is 0 Å². The van der Waals surface area contributed by atoms with Crippen molar-refractivity contribution in [3.63, 3.8) is 0 Å². The molecule has 1 atom stereocenters. The average molecular weight is 82.0 g/mol. The molecule has 0 aliphatic carbocycles. The Bertz CT molecular complexity index is 43.9. The molecule has 0 radical (unpaired) electrons. The van der Waals surface area contributed by atoms with Crippen molar-refractivity contribution >= 4 is 6.71 Å².